The number of amides is 2. The number of dihydropyridines is 1. The largest absolute Gasteiger partial charge is 0.490 e. The van der Waals surface area contributed by atoms with Crippen molar-refractivity contribution in [2.24, 2.45) is 5.92 Å². The Labute approximate surface area is 195 Å². The van der Waals surface area contributed by atoms with Crippen LogP contribution in [0.3, 0.4) is 0 Å². The van der Waals surface area contributed by atoms with Crippen molar-refractivity contribution in [1.29, 1.82) is 0 Å². The zero-order chi connectivity index (χ0) is 23.8. The van der Waals surface area contributed by atoms with E-state index in [-0.39, 0.29) is 53.8 Å². The number of carbonyl (C=O) groups is 2. The Morgan fingerprint density at radius 1 is 1.21 bits per heavy atom. The number of rotatable bonds is 5. The van der Waals surface area contributed by atoms with Gasteiger partial charge < -0.3 is 25.0 Å². The molecule has 1 unspecified atom stereocenters. The first-order valence-corrected chi connectivity index (χ1v) is 11.0. The molecule has 1 saturated heterocycles. The fourth-order valence-electron chi connectivity index (χ4n) is 4.24. The molecule has 0 saturated carbocycles. The van der Waals surface area contributed by atoms with E-state index in [0.29, 0.717) is 13.1 Å². The summed E-state index contributed by atoms with van der Waals surface area (Å²) in [6.45, 7) is 2.75. The topological polar surface area (TPSA) is 79.9 Å². The molecule has 0 spiro atoms. The maximum absolute atomic E-state index is 14.6. The zero-order valence-electron chi connectivity index (χ0n) is 18.4. The summed E-state index contributed by atoms with van der Waals surface area (Å²) >= 11 is 0. The molecule has 34 heavy (non-hydrogen) atoms. The number of nitrogens with one attached hydrogen (secondary N) is 2. The summed E-state index contributed by atoms with van der Waals surface area (Å²) in [7, 11) is 0. The van der Waals surface area contributed by atoms with Crippen molar-refractivity contribution in [2.75, 3.05) is 31.6 Å². The third-order valence-electron chi connectivity index (χ3n) is 6.11. The molecule has 1 fully saturated rings. The summed E-state index contributed by atoms with van der Waals surface area (Å²) in [5, 5.41) is 5.77. The molecule has 2 aromatic rings. The summed E-state index contributed by atoms with van der Waals surface area (Å²) in [6.07, 6.45) is 5.70. The number of allylic oxidation sites excluding steroid dienone is 2. The molecule has 2 aromatic carbocycles. The molecular weight excluding hydrogens is 444 g/mol. The first-order valence-electron chi connectivity index (χ1n) is 11.0. The molecule has 3 aliphatic rings. The van der Waals surface area contributed by atoms with E-state index in [9.17, 15) is 18.4 Å². The smallest absolute Gasteiger partial charge is 0.262 e. The first kappa shape index (κ1) is 21.9. The van der Waals surface area contributed by atoms with Gasteiger partial charge in [0.1, 0.15) is 11.6 Å². The van der Waals surface area contributed by atoms with Crippen molar-refractivity contribution in [2.45, 2.75) is 13.0 Å². The highest BCUT2D eigenvalue weighted by Crippen LogP contribution is 2.32. The average Bonchev–Trinajstić information content (AvgIpc) is 2.79. The van der Waals surface area contributed by atoms with Crippen LogP contribution in [0.4, 0.5) is 14.5 Å². The SMILES string of the molecule is CC1=CC=CNC1c1ccc(OCC2CN(C(=O)c3cc4c(cc3F)OCC(=O)N4)C2)c(F)c1. The van der Waals surface area contributed by atoms with E-state index in [2.05, 4.69) is 10.6 Å². The fraction of sp³-hybridized carbons (Fsp3) is 0.280. The van der Waals surface area contributed by atoms with Gasteiger partial charge in [-0.1, -0.05) is 12.1 Å². The lowest BCUT2D eigenvalue weighted by Gasteiger charge is -2.39. The van der Waals surface area contributed by atoms with Crippen LogP contribution in [0.25, 0.3) is 0 Å². The number of fused-ring (bicyclic) bond motifs is 1. The fourth-order valence-corrected chi connectivity index (χ4v) is 4.24. The molecule has 2 amide bonds. The van der Waals surface area contributed by atoms with Crippen molar-refractivity contribution < 1.29 is 27.8 Å². The van der Waals surface area contributed by atoms with Crippen LogP contribution in [0.2, 0.25) is 0 Å². The van der Waals surface area contributed by atoms with Gasteiger partial charge in [0.15, 0.2) is 18.2 Å². The molecule has 9 heteroatoms. The van der Waals surface area contributed by atoms with Crippen molar-refractivity contribution in [3.63, 3.8) is 0 Å². The summed E-state index contributed by atoms with van der Waals surface area (Å²) in [5.74, 6) is -1.66. The zero-order valence-corrected chi connectivity index (χ0v) is 18.4. The number of carbonyl (C=O) groups excluding carboxylic acids is 2. The van der Waals surface area contributed by atoms with Crippen LogP contribution in [0.15, 0.2) is 54.3 Å². The average molecular weight is 467 g/mol. The van der Waals surface area contributed by atoms with Gasteiger partial charge in [0.05, 0.1) is 23.9 Å². The van der Waals surface area contributed by atoms with Gasteiger partial charge in [-0.15, -0.1) is 0 Å². The van der Waals surface area contributed by atoms with Crippen LogP contribution in [0.5, 0.6) is 11.5 Å². The van der Waals surface area contributed by atoms with E-state index >= 15 is 0 Å². The standard InChI is InChI=1S/C25H23F2N3O4/c1-14-3-2-6-28-24(14)16-4-5-21(19(27)7-16)33-12-15-10-30(11-15)25(32)17-8-20-22(9-18(17)26)34-13-23(31)29-20/h2-9,15,24,28H,10-13H2,1H3,(H,29,31). The van der Waals surface area contributed by atoms with Crippen LogP contribution in [0.1, 0.15) is 28.9 Å². The number of likely N-dealkylation sites (tertiary alicyclic amines) is 1. The Morgan fingerprint density at radius 3 is 2.79 bits per heavy atom. The summed E-state index contributed by atoms with van der Waals surface area (Å²) in [5.41, 5.74) is 2.02. The van der Waals surface area contributed by atoms with Gasteiger partial charge in [-0.2, -0.15) is 0 Å². The van der Waals surface area contributed by atoms with Gasteiger partial charge in [-0.05, 0) is 48.5 Å². The van der Waals surface area contributed by atoms with E-state index in [4.69, 9.17) is 9.47 Å². The Morgan fingerprint density at radius 2 is 2.03 bits per heavy atom. The molecule has 0 bridgehead atoms. The van der Waals surface area contributed by atoms with Gasteiger partial charge in [0.25, 0.3) is 11.8 Å². The number of hydrogen-bond acceptors (Lipinski definition) is 5. The minimum Gasteiger partial charge on any atom is -0.490 e. The lowest BCUT2D eigenvalue weighted by molar-refractivity contribution is -0.118. The van der Waals surface area contributed by atoms with Crippen molar-refractivity contribution in [1.82, 2.24) is 10.2 Å². The molecule has 5 rings (SSSR count). The molecule has 176 valence electrons. The lowest BCUT2D eigenvalue weighted by atomic mass is 9.97. The number of hydrogen-bond donors (Lipinski definition) is 2. The molecule has 0 aromatic heterocycles. The number of anilines is 1. The summed E-state index contributed by atoms with van der Waals surface area (Å²) in [6, 6.07) is 7.21. The highest BCUT2D eigenvalue weighted by atomic mass is 19.1. The monoisotopic (exact) mass is 467 g/mol. The number of benzene rings is 2. The number of halogens is 2. The van der Waals surface area contributed by atoms with Crippen LogP contribution >= 0.6 is 0 Å². The van der Waals surface area contributed by atoms with Crippen molar-refractivity contribution in [3.8, 4) is 11.5 Å². The van der Waals surface area contributed by atoms with Gasteiger partial charge in [-0.3, -0.25) is 9.59 Å². The van der Waals surface area contributed by atoms with E-state index in [1.807, 2.05) is 31.3 Å². The Kier molecular flexibility index (Phi) is 5.69. The molecule has 1 atom stereocenters. The van der Waals surface area contributed by atoms with E-state index in [1.165, 1.54) is 17.0 Å². The quantitative estimate of drug-likeness (QED) is 0.703. The Bertz CT molecular complexity index is 1220. The first-order chi connectivity index (χ1) is 16.4. The molecule has 3 heterocycles. The molecule has 3 aliphatic heterocycles. The van der Waals surface area contributed by atoms with Crippen LogP contribution < -0.4 is 20.1 Å². The highest BCUT2D eigenvalue weighted by molar-refractivity contribution is 6.00. The third kappa shape index (κ3) is 4.21. The maximum Gasteiger partial charge on any atom is 0.262 e. The molecule has 7 nitrogen and oxygen atoms in total. The predicted octanol–water partition coefficient (Wildman–Crippen LogP) is 3.55. The number of nitrogens with zero attached hydrogens (tertiary/aromatic N) is 1. The van der Waals surface area contributed by atoms with Gasteiger partial charge in [0.2, 0.25) is 0 Å². The van der Waals surface area contributed by atoms with Crippen molar-refractivity contribution in [3.05, 3.63) is 77.0 Å². The van der Waals surface area contributed by atoms with Gasteiger partial charge >= 0.3 is 0 Å². The second kappa shape index (κ2) is 8.81. The Hall–Kier alpha value is -3.88. The number of ether oxygens (including phenoxy) is 2. The predicted molar refractivity (Wildman–Crippen MR) is 121 cm³/mol. The molecule has 0 radical (unpaired) electrons. The summed E-state index contributed by atoms with van der Waals surface area (Å²) in [4.78, 5) is 25.7. The summed E-state index contributed by atoms with van der Waals surface area (Å²) < 4.78 is 39.9. The minimum atomic E-state index is -0.713. The molecule has 0 aliphatic carbocycles. The lowest BCUT2D eigenvalue weighted by Crippen LogP contribution is -2.52. The normalized spacial score (nSPS) is 19.3. The highest BCUT2D eigenvalue weighted by Gasteiger charge is 2.34. The van der Waals surface area contributed by atoms with E-state index in [0.717, 1.165) is 17.2 Å². The second-order valence-electron chi connectivity index (χ2n) is 8.61. The van der Waals surface area contributed by atoms with Crippen molar-refractivity contribution >= 4 is 17.5 Å². The second-order valence-corrected chi connectivity index (χ2v) is 8.61. The molecular formula is C25H23F2N3O4. The maximum atomic E-state index is 14.6. The van der Waals surface area contributed by atoms with Crippen LogP contribution in [-0.2, 0) is 4.79 Å². The van der Waals surface area contributed by atoms with E-state index < -0.39 is 17.5 Å². The van der Waals surface area contributed by atoms with Gasteiger partial charge in [0, 0.05) is 25.1 Å². The van der Waals surface area contributed by atoms with Gasteiger partial charge in [-0.25, -0.2) is 8.78 Å². The third-order valence-corrected chi connectivity index (χ3v) is 6.11. The van der Waals surface area contributed by atoms with Crippen LogP contribution in [0, 0.1) is 17.6 Å². The Balaban J connectivity index is 1.16. The van der Waals surface area contributed by atoms with Crippen LogP contribution in [-0.4, -0.2) is 43.0 Å². The van der Waals surface area contributed by atoms with E-state index in [1.54, 1.807) is 6.07 Å². The minimum absolute atomic E-state index is 0.00192. The molecule has 2 N–H and O–H groups in total.